The predicted molar refractivity (Wildman–Crippen MR) is 114 cm³/mol. The topological polar surface area (TPSA) is 34.1 Å². The molecule has 0 aromatic rings. The zero-order chi connectivity index (χ0) is 19.5. The summed E-state index contributed by atoms with van der Waals surface area (Å²) in [6, 6.07) is 0. The van der Waals surface area contributed by atoms with Gasteiger partial charge in [0.1, 0.15) is 0 Å². The highest BCUT2D eigenvalue weighted by Crippen LogP contribution is 2.50. The van der Waals surface area contributed by atoms with E-state index in [4.69, 9.17) is 0 Å². The average Bonchev–Trinajstić information content (AvgIpc) is 3.05. The van der Waals surface area contributed by atoms with Crippen LogP contribution in [0.15, 0.2) is 23.3 Å². The van der Waals surface area contributed by atoms with Crippen LogP contribution in [0.1, 0.15) is 117 Å². The highest BCUT2D eigenvalue weighted by Gasteiger charge is 2.42. The summed E-state index contributed by atoms with van der Waals surface area (Å²) in [5.41, 5.74) is 1.87. The molecule has 152 valence electrons. The van der Waals surface area contributed by atoms with Gasteiger partial charge in [0.2, 0.25) is 0 Å². The van der Waals surface area contributed by atoms with Gasteiger partial charge in [-0.2, -0.15) is 0 Å². The minimum Gasteiger partial charge on any atom is -0.290 e. The van der Waals surface area contributed by atoms with Crippen molar-refractivity contribution in [1.82, 2.24) is 0 Å². The molecule has 2 nitrogen and oxygen atoms in total. The lowest BCUT2D eigenvalue weighted by molar-refractivity contribution is -0.115. The first-order valence-electron chi connectivity index (χ1n) is 11.6. The minimum absolute atomic E-state index is 0.0948. The second kappa shape index (κ2) is 11.6. The largest absolute Gasteiger partial charge is 0.290 e. The fraction of sp³-hybridized carbons (Fsp3) is 0.760. The number of ketones is 2. The molecule has 0 radical (unpaired) electrons. The Morgan fingerprint density at radius 1 is 0.630 bits per heavy atom. The van der Waals surface area contributed by atoms with Crippen LogP contribution in [0.5, 0.6) is 0 Å². The van der Waals surface area contributed by atoms with Crippen LogP contribution in [0.4, 0.5) is 0 Å². The van der Waals surface area contributed by atoms with E-state index in [-0.39, 0.29) is 17.0 Å². The molecule has 2 rings (SSSR count). The molecule has 0 saturated carbocycles. The molecule has 0 fully saturated rings. The molecule has 0 unspecified atom stereocenters. The average molecular weight is 373 g/mol. The zero-order valence-corrected chi connectivity index (χ0v) is 17.8. The number of rotatable bonds is 14. The molecule has 2 aliphatic carbocycles. The van der Waals surface area contributed by atoms with E-state index >= 15 is 0 Å². The molecule has 0 bridgehead atoms. The molecule has 2 heteroatoms. The Balaban J connectivity index is 1.88. The summed E-state index contributed by atoms with van der Waals surface area (Å²) < 4.78 is 0. The van der Waals surface area contributed by atoms with Crippen molar-refractivity contribution in [3.05, 3.63) is 23.3 Å². The van der Waals surface area contributed by atoms with Gasteiger partial charge in [-0.05, 0) is 43.3 Å². The van der Waals surface area contributed by atoms with Gasteiger partial charge >= 0.3 is 0 Å². The Bertz CT molecular complexity index is 505. The van der Waals surface area contributed by atoms with Gasteiger partial charge in [-0.1, -0.05) is 90.9 Å². The zero-order valence-electron chi connectivity index (χ0n) is 17.8. The molecule has 0 amide bonds. The third kappa shape index (κ3) is 6.73. The second-order valence-corrected chi connectivity index (χ2v) is 8.91. The van der Waals surface area contributed by atoms with Crippen molar-refractivity contribution in [1.29, 1.82) is 0 Å². The van der Waals surface area contributed by atoms with Crippen molar-refractivity contribution < 1.29 is 9.59 Å². The lowest BCUT2D eigenvalue weighted by atomic mass is 9.74. The first kappa shape index (κ1) is 22.1. The third-order valence-electron chi connectivity index (χ3n) is 6.57. The molecule has 0 aliphatic heterocycles. The molecule has 0 heterocycles. The Morgan fingerprint density at radius 2 is 1.00 bits per heavy atom. The van der Waals surface area contributed by atoms with E-state index in [9.17, 15) is 9.59 Å². The monoisotopic (exact) mass is 372 g/mol. The molecule has 0 N–H and O–H groups in total. The van der Waals surface area contributed by atoms with Crippen LogP contribution in [0.2, 0.25) is 0 Å². The van der Waals surface area contributed by atoms with E-state index in [1.807, 2.05) is 0 Å². The molecule has 0 aromatic carbocycles. The van der Waals surface area contributed by atoms with Gasteiger partial charge in [0.05, 0.1) is 0 Å². The molecule has 0 saturated heterocycles. The van der Waals surface area contributed by atoms with Crippen LogP contribution in [-0.4, -0.2) is 11.6 Å². The molecule has 2 aliphatic rings. The quantitative estimate of drug-likeness (QED) is 0.237. The number of hydrogen-bond donors (Lipinski definition) is 0. The van der Waals surface area contributed by atoms with Crippen molar-refractivity contribution in [2.24, 2.45) is 5.41 Å². The van der Waals surface area contributed by atoms with E-state index < -0.39 is 0 Å². The summed E-state index contributed by atoms with van der Waals surface area (Å²) >= 11 is 0. The normalized spacial score (nSPS) is 18.4. The molecule has 0 spiro atoms. The van der Waals surface area contributed by atoms with Crippen LogP contribution >= 0.6 is 0 Å². The van der Waals surface area contributed by atoms with Gasteiger partial charge < -0.3 is 0 Å². The summed E-state index contributed by atoms with van der Waals surface area (Å²) in [5, 5.41) is 0. The van der Waals surface area contributed by atoms with E-state index in [2.05, 4.69) is 13.8 Å². The third-order valence-corrected chi connectivity index (χ3v) is 6.57. The van der Waals surface area contributed by atoms with Crippen LogP contribution < -0.4 is 0 Å². The number of carbonyl (C=O) groups is 2. The van der Waals surface area contributed by atoms with E-state index in [0.717, 1.165) is 24.0 Å². The maximum absolute atomic E-state index is 12.3. The van der Waals surface area contributed by atoms with Crippen molar-refractivity contribution in [2.45, 2.75) is 117 Å². The van der Waals surface area contributed by atoms with E-state index in [1.54, 1.807) is 0 Å². The van der Waals surface area contributed by atoms with Gasteiger partial charge in [0, 0.05) is 11.1 Å². The summed E-state index contributed by atoms with van der Waals surface area (Å²) in [6.45, 7) is 4.51. The summed E-state index contributed by atoms with van der Waals surface area (Å²) in [5.74, 6) is 0.190. The van der Waals surface area contributed by atoms with Crippen LogP contribution in [0.25, 0.3) is 0 Å². The number of unbranched alkanes of at least 4 members (excludes halogenated alkanes) is 10. The van der Waals surface area contributed by atoms with Gasteiger partial charge in [-0.25, -0.2) is 0 Å². The smallest absolute Gasteiger partial charge is 0.182 e. The predicted octanol–water partition coefficient (Wildman–Crippen LogP) is 7.27. The SMILES string of the molecule is CCCCCCCCC1(CCCCCCCC)CC2=C(C1)C(=O)C=CC2=O. The summed E-state index contributed by atoms with van der Waals surface area (Å²) in [4.78, 5) is 24.6. The molecule has 27 heavy (non-hydrogen) atoms. The molecule has 0 atom stereocenters. The van der Waals surface area contributed by atoms with Crippen molar-refractivity contribution in [3.8, 4) is 0 Å². The van der Waals surface area contributed by atoms with Crippen LogP contribution in [0, 0.1) is 5.41 Å². The van der Waals surface area contributed by atoms with Crippen LogP contribution in [-0.2, 0) is 9.59 Å². The fourth-order valence-electron chi connectivity index (χ4n) is 4.89. The van der Waals surface area contributed by atoms with Gasteiger partial charge in [-0.15, -0.1) is 0 Å². The Kier molecular flexibility index (Phi) is 9.51. The number of carbonyl (C=O) groups excluding carboxylic acids is 2. The van der Waals surface area contributed by atoms with Gasteiger partial charge in [0.25, 0.3) is 0 Å². The highest BCUT2D eigenvalue weighted by molar-refractivity contribution is 6.20. The minimum atomic E-state index is 0.0948. The molecule has 0 aromatic heterocycles. The van der Waals surface area contributed by atoms with Gasteiger partial charge in [-0.3, -0.25) is 9.59 Å². The summed E-state index contributed by atoms with van der Waals surface area (Å²) in [7, 11) is 0. The second-order valence-electron chi connectivity index (χ2n) is 8.91. The number of allylic oxidation sites excluding steroid dienone is 4. The fourth-order valence-corrected chi connectivity index (χ4v) is 4.89. The first-order chi connectivity index (χ1) is 13.1. The Labute approximate surface area is 166 Å². The lowest BCUT2D eigenvalue weighted by Crippen LogP contribution is -2.19. The maximum atomic E-state index is 12.3. The first-order valence-corrected chi connectivity index (χ1v) is 11.6. The molecular formula is C25H40O2. The van der Waals surface area contributed by atoms with E-state index in [0.29, 0.717) is 0 Å². The highest BCUT2D eigenvalue weighted by atomic mass is 16.1. The standard InChI is InChI=1S/C25H40O2/c1-3-5-7-9-11-13-17-25(18-14-12-10-8-6-4-2)19-21-22(20-25)24(27)16-15-23(21)26/h15-16H,3-14,17-20H2,1-2H3. The lowest BCUT2D eigenvalue weighted by Gasteiger charge is -2.30. The Hall–Kier alpha value is -1.18. The molecular weight excluding hydrogens is 332 g/mol. The van der Waals surface area contributed by atoms with Crippen LogP contribution in [0.3, 0.4) is 0 Å². The van der Waals surface area contributed by atoms with Gasteiger partial charge in [0.15, 0.2) is 11.6 Å². The van der Waals surface area contributed by atoms with Crippen molar-refractivity contribution >= 4 is 11.6 Å². The van der Waals surface area contributed by atoms with Crippen molar-refractivity contribution in [2.75, 3.05) is 0 Å². The van der Waals surface area contributed by atoms with E-state index in [1.165, 1.54) is 102 Å². The summed E-state index contributed by atoms with van der Waals surface area (Å²) in [6.07, 6.45) is 22.7. The number of hydrogen-bond acceptors (Lipinski definition) is 2. The van der Waals surface area contributed by atoms with Crippen molar-refractivity contribution in [3.63, 3.8) is 0 Å². The maximum Gasteiger partial charge on any atom is 0.182 e. The Morgan fingerprint density at radius 3 is 1.41 bits per heavy atom.